The lowest BCUT2D eigenvalue weighted by molar-refractivity contribution is -0.503. The highest BCUT2D eigenvalue weighted by Gasteiger charge is 2.30. The number of nitrogens with zero attached hydrogens (tertiary/aromatic N) is 4. The number of hydrogen-bond donors (Lipinski definition) is 0. The highest BCUT2D eigenvalue weighted by Crippen LogP contribution is 2.11. The second kappa shape index (κ2) is 4.82. The van der Waals surface area contributed by atoms with E-state index in [1.54, 1.807) is 30.3 Å². The monoisotopic (exact) mass is 224 g/mol. The highest BCUT2D eigenvalue weighted by atomic mass is 16.7. The van der Waals surface area contributed by atoms with Gasteiger partial charge in [-0.1, -0.05) is 18.2 Å². The fourth-order valence-electron chi connectivity index (χ4n) is 0.975. The molecule has 1 aromatic carbocycles. The minimum Gasteiger partial charge on any atom is -0.320 e. The molecule has 0 saturated carbocycles. The van der Waals surface area contributed by atoms with Crippen LogP contribution >= 0.6 is 0 Å². The SMILES string of the molecule is CN(N=C([N+](=O)[O-])[N+](=O)[O-])c1ccccc1. The zero-order valence-electron chi connectivity index (χ0n) is 8.31. The Labute approximate surface area is 90.1 Å². The number of para-hydroxylation sites is 1. The molecule has 0 radical (unpaired) electrons. The summed E-state index contributed by atoms with van der Waals surface area (Å²) in [7, 11) is 1.39. The third-order valence-corrected chi connectivity index (χ3v) is 1.70. The molecule has 0 saturated heterocycles. The molecule has 1 rings (SSSR count). The molecule has 0 amide bonds. The second-order valence-electron chi connectivity index (χ2n) is 2.77. The Morgan fingerprint density at radius 3 is 2.12 bits per heavy atom. The highest BCUT2D eigenvalue weighted by molar-refractivity contribution is 5.64. The van der Waals surface area contributed by atoms with Gasteiger partial charge in [0.1, 0.15) is 0 Å². The molecular formula is C8H8N4O4. The molecule has 8 nitrogen and oxygen atoms in total. The molecule has 0 N–H and O–H groups in total. The van der Waals surface area contributed by atoms with Gasteiger partial charge in [0.15, 0.2) is 5.10 Å². The normalized spacial score (nSPS) is 9.31. The van der Waals surface area contributed by atoms with Crippen molar-refractivity contribution < 1.29 is 9.85 Å². The summed E-state index contributed by atoms with van der Waals surface area (Å²) in [6, 6.07) is 8.39. The molecule has 0 heterocycles. The summed E-state index contributed by atoms with van der Waals surface area (Å²) in [4.78, 5) is 18.3. The van der Waals surface area contributed by atoms with E-state index in [0.717, 1.165) is 5.01 Å². The number of hydrogen-bond acceptors (Lipinski definition) is 6. The molecule has 0 spiro atoms. The Bertz CT molecular complexity index is 415. The molecule has 0 aliphatic carbocycles. The molecule has 0 aliphatic heterocycles. The van der Waals surface area contributed by atoms with Crippen LogP contribution < -0.4 is 5.01 Å². The zero-order chi connectivity index (χ0) is 12.1. The van der Waals surface area contributed by atoms with Crippen molar-refractivity contribution in [3.05, 3.63) is 50.6 Å². The van der Waals surface area contributed by atoms with Crippen LogP contribution in [0.3, 0.4) is 0 Å². The van der Waals surface area contributed by atoms with Gasteiger partial charge in [0, 0.05) is 0 Å². The fourth-order valence-corrected chi connectivity index (χ4v) is 0.975. The first-order valence-corrected chi connectivity index (χ1v) is 4.18. The minimum atomic E-state index is -1.31. The molecule has 0 atom stereocenters. The number of rotatable bonds is 2. The van der Waals surface area contributed by atoms with E-state index in [2.05, 4.69) is 5.10 Å². The van der Waals surface area contributed by atoms with E-state index >= 15 is 0 Å². The van der Waals surface area contributed by atoms with Gasteiger partial charge in [-0.05, 0) is 12.1 Å². The number of nitro groups is 2. The smallest absolute Gasteiger partial charge is 0.320 e. The van der Waals surface area contributed by atoms with Crippen molar-refractivity contribution in [1.82, 2.24) is 0 Å². The summed E-state index contributed by atoms with van der Waals surface area (Å²) in [6.07, 6.45) is 0. The summed E-state index contributed by atoms with van der Waals surface area (Å²) < 4.78 is 0. The van der Waals surface area contributed by atoms with E-state index in [4.69, 9.17) is 0 Å². The largest absolute Gasteiger partial charge is 0.699 e. The summed E-state index contributed by atoms with van der Waals surface area (Å²) in [6.45, 7) is 0. The van der Waals surface area contributed by atoms with Gasteiger partial charge in [0.05, 0.1) is 22.6 Å². The first kappa shape index (κ1) is 11.6. The van der Waals surface area contributed by atoms with Crippen LogP contribution in [0.15, 0.2) is 35.4 Å². The molecule has 8 heteroatoms. The van der Waals surface area contributed by atoms with Crippen LogP contribution in [0.1, 0.15) is 0 Å². The third-order valence-electron chi connectivity index (χ3n) is 1.70. The number of anilines is 1. The lowest BCUT2D eigenvalue weighted by atomic mass is 10.3. The standard InChI is InChI=1S/C8H8N4O4/c1-10(7-5-3-2-4-6-7)9-8(11(13)14)12(15)16/h2-6H,1H3. The van der Waals surface area contributed by atoms with Crippen molar-refractivity contribution in [2.75, 3.05) is 12.1 Å². The van der Waals surface area contributed by atoms with Gasteiger partial charge in [-0.25, -0.2) is 0 Å². The van der Waals surface area contributed by atoms with Crippen LogP contribution in [-0.4, -0.2) is 22.9 Å². The van der Waals surface area contributed by atoms with Crippen LogP contribution in [0.4, 0.5) is 5.69 Å². The quantitative estimate of drug-likeness (QED) is 0.322. The number of guanidine groups is 1. The van der Waals surface area contributed by atoms with Crippen molar-refractivity contribution in [3.8, 4) is 0 Å². The Kier molecular flexibility index (Phi) is 3.49. The van der Waals surface area contributed by atoms with Crippen LogP contribution in [-0.2, 0) is 0 Å². The fraction of sp³-hybridized carbons (Fsp3) is 0.125. The number of hydrazone groups is 1. The van der Waals surface area contributed by atoms with Gasteiger partial charge in [0.2, 0.25) is 0 Å². The van der Waals surface area contributed by atoms with E-state index in [-0.39, 0.29) is 0 Å². The van der Waals surface area contributed by atoms with Gasteiger partial charge >= 0.3 is 5.96 Å². The lowest BCUT2D eigenvalue weighted by Gasteiger charge is -2.02. The van der Waals surface area contributed by atoms with Gasteiger partial charge in [-0.2, -0.15) is 0 Å². The topological polar surface area (TPSA) is 102 Å². The van der Waals surface area contributed by atoms with E-state index in [1.165, 1.54) is 7.05 Å². The lowest BCUT2D eigenvalue weighted by Crippen LogP contribution is -2.26. The first-order chi connectivity index (χ1) is 7.52. The predicted octanol–water partition coefficient (Wildman–Crippen LogP) is 0.947. The molecule has 0 aromatic heterocycles. The van der Waals surface area contributed by atoms with Crippen molar-refractivity contribution in [3.63, 3.8) is 0 Å². The Morgan fingerprint density at radius 2 is 1.69 bits per heavy atom. The summed E-state index contributed by atoms with van der Waals surface area (Å²) in [5.74, 6) is -1.31. The maximum absolute atomic E-state index is 10.3. The minimum absolute atomic E-state index is 0.517. The van der Waals surface area contributed by atoms with Crippen LogP contribution in [0.5, 0.6) is 0 Å². The average molecular weight is 224 g/mol. The Hall–Kier alpha value is -2.51. The van der Waals surface area contributed by atoms with Crippen LogP contribution in [0.2, 0.25) is 0 Å². The molecule has 0 bridgehead atoms. The van der Waals surface area contributed by atoms with E-state index in [1.807, 2.05) is 0 Å². The maximum atomic E-state index is 10.3. The van der Waals surface area contributed by atoms with E-state index < -0.39 is 15.8 Å². The second-order valence-corrected chi connectivity index (χ2v) is 2.77. The van der Waals surface area contributed by atoms with Crippen molar-refractivity contribution in [1.29, 1.82) is 0 Å². The van der Waals surface area contributed by atoms with Crippen molar-refractivity contribution in [2.45, 2.75) is 0 Å². The van der Waals surface area contributed by atoms with Gasteiger partial charge in [-0.15, -0.1) is 5.01 Å². The predicted molar refractivity (Wildman–Crippen MR) is 56.3 cm³/mol. The molecular weight excluding hydrogens is 216 g/mol. The molecule has 16 heavy (non-hydrogen) atoms. The summed E-state index contributed by atoms with van der Waals surface area (Å²) >= 11 is 0. The Balaban J connectivity index is 2.98. The molecule has 0 fully saturated rings. The van der Waals surface area contributed by atoms with Crippen LogP contribution in [0.25, 0.3) is 0 Å². The molecule has 0 aliphatic rings. The average Bonchev–Trinajstić information content (AvgIpc) is 2.25. The van der Waals surface area contributed by atoms with E-state index in [9.17, 15) is 20.2 Å². The van der Waals surface area contributed by atoms with Gasteiger partial charge < -0.3 is 20.2 Å². The number of benzene rings is 1. The zero-order valence-corrected chi connectivity index (χ0v) is 8.31. The summed E-state index contributed by atoms with van der Waals surface area (Å²) in [5, 5.41) is 25.0. The van der Waals surface area contributed by atoms with E-state index in [0.29, 0.717) is 5.69 Å². The maximum Gasteiger partial charge on any atom is 0.699 e. The molecule has 84 valence electrons. The Morgan fingerprint density at radius 1 is 1.19 bits per heavy atom. The van der Waals surface area contributed by atoms with Crippen molar-refractivity contribution >= 4 is 11.6 Å². The van der Waals surface area contributed by atoms with Crippen molar-refractivity contribution in [2.24, 2.45) is 5.10 Å². The van der Waals surface area contributed by atoms with Gasteiger partial charge in [-0.3, -0.25) is 0 Å². The van der Waals surface area contributed by atoms with Gasteiger partial charge in [0.25, 0.3) is 0 Å². The molecule has 0 unspecified atom stereocenters. The summed E-state index contributed by atoms with van der Waals surface area (Å²) in [5.41, 5.74) is 0.517. The molecule has 1 aromatic rings. The third kappa shape index (κ3) is 2.74. The first-order valence-electron chi connectivity index (χ1n) is 4.18. The van der Waals surface area contributed by atoms with Crippen LogP contribution in [0, 0.1) is 20.2 Å².